The number of hydrogen-bond acceptors (Lipinski definition) is 2. The largest absolute Gasteiger partial charge is 0.480 e. The lowest BCUT2D eigenvalue weighted by Crippen LogP contribution is -2.43. The van der Waals surface area contributed by atoms with Crippen molar-refractivity contribution < 1.29 is 27.9 Å². The summed E-state index contributed by atoms with van der Waals surface area (Å²) < 4.78 is 36.6. The van der Waals surface area contributed by atoms with Crippen molar-refractivity contribution in [1.82, 2.24) is 5.32 Å². The van der Waals surface area contributed by atoms with Crippen molar-refractivity contribution in [2.45, 2.75) is 37.9 Å². The Bertz CT molecular complexity index is 517. The summed E-state index contributed by atoms with van der Waals surface area (Å²) in [5, 5.41) is 11.2. The Hall–Kier alpha value is -1.76. The van der Waals surface area contributed by atoms with Gasteiger partial charge in [0, 0.05) is 11.4 Å². The van der Waals surface area contributed by atoms with Gasteiger partial charge in [0.15, 0.2) is 0 Å². The first-order valence-corrected chi connectivity index (χ1v) is 6.88. The summed E-state index contributed by atoms with van der Waals surface area (Å²) in [5.74, 6) is -2.42. The van der Waals surface area contributed by atoms with Crippen molar-refractivity contribution in [2.75, 3.05) is 0 Å². The van der Waals surface area contributed by atoms with Gasteiger partial charge in [0.05, 0.1) is 6.42 Å². The first-order valence-electron chi connectivity index (χ1n) is 6.51. The summed E-state index contributed by atoms with van der Waals surface area (Å²) in [5.41, 5.74) is 0.933. The third-order valence-electron chi connectivity index (χ3n) is 2.85. The van der Waals surface area contributed by atoms with Crippen LogP contribution in [-0.2, 0) is 16.0 Å². The first kappa shape index (κ1) is 18.3. The van der Waals surface area contributed by atoms with E-state index in [0.717, 1.165) is 5.56 Å². The zero-order valence-corrected chi connectivity index (χ0v) is 12.2. The van der Waals surface area contributed by atoms with Crippen LogP contribution < -0.4 is 5.32 Å². The van der Waals surface area contributed by atoms with Gasteiger partial charge in [-0.2, -0.15) is 13.2 Å². The quantitative estimate of drug-likeness (QED) is 0.803. The number of hydrogen-bond donors (Lipinski definition) is 2. The van der Waals surface area contributed by atoms with E-state index >= 15 is 0 Å². The zero-order chi connectivity index (χ0) is 16.8. The number of aryl methyl sites for hydroxylation is 1. The number of nitrogens with one attached hydrogen (secondary N) is 1. The minimum absolute atomic E-state index is 0.0513. The summed E-state index contributed by atoms with van der Waals surface area (Å²) in [4.78, 5) is 22.2. The van der Waals surface area contributed by atoms with E-state index in [0.29, 0.717) is 17.9 Å². The second-order valence-electron chi connectivity index (χ2n) is 4.76. The van der Waals surface area contributed by atoms with Gasteiger partial charge in [0.25, 0.3) is 0 Å². The van der Waals surface area contributed by atoms with Gasteiger partial charge in [-0.15, -0.1) is 0 Å². The highest BCUT2D eigenvalue weighted by Gasteiger charge is 2.36. The van der Waals surface area contributed by atoms with E-state index < -0.39 is 30.5 Å². The van der Waals surface area contributed by atoms with Crippen LogP contribution in [0.3, 0.4) is 0 Å². The fourth-order valence-electron chi connectivity index (χ4n) is 1.80. The first-order chi connectivity index (χ1) is 10.2. The van der Waals surface area contributed by atoms with Crippen LogP contribution in [-0.4, -0.2) is 29.2 Å². The Kier molecular flexibility index (Phi) is 6.67. The Morgan fingerprint density at radius 1 is 1.23 bits per heavy atom. The van der Waals surface area contributed by atoms with Gasteiger partial charge in [-0.1, -0.05) is 23.7 Å². The molecule has 0 aliphatic rings. The molecule has 8 heteroatoms. The van der Waals surface area contributed by atoms with Crippen molar-refractivity contribution in [3.05, 3.63) is 34.9 Å². The van der Waals surface area contributed by atoms with E-state index in [-0.39, 0.29) is 6.42 Å². The molecule has 0 aliphatic heterocycles. The number of carbonyl (C=O) groups excluding carboxylic acids is 1. The van der Waals surface area contributed by atoms with E-state index in [9.17, 15) is 22.8 Å². The van der Waals surface area contributed by atoms with E-state index in [2.05, 4.69) is 0 Å². The fraction of sp³-hybridized carbons (Fsp3) is 0.429. The molecule has 1 atom stereocenters. The molecule has 1 aromatic carbocycles. The second kappa shape index (κ2) is 8.03. The van der Waals surface area contributed by atoms with Gasteiger partial charge >= 0.3 is 12.1 Å². The third kappa shape index (κ3) is 7.31. The molecule has 4 nitrogen and oxygen atoms in total. The van der Waals surface area contributed by atoms with Crippen LogP contribution in [0.5, 0.6) is 0 Å². The summed E-state index contributed by atoms with van der Waals surface area (Å²) in [6.07, 6.45) is -5.36. The molecule has 1 rings (SSSR count). The van der Waals surface area contributed by atoms with E-state index in [4.69, 9.17) is 16.7 Å². The van der Waals surface area contributed by atoms with Crippen molar-refractivity contribution in [3.63, 3.8) is 0 Å². The molecule has 1 aromatic rings. The van der Waals surface area contributed by atoms with Crippen LogP contribution in [0.4, 0.5) is 13.2 Å². The highest BCUT2D eigenvalue weighted by atomic mass is 35.5. The molecule has 0 aromatic heterocycles. The Morgan fingerprint density at radius 3 is 2.32 bits per heavy atom. The van der Waals surface area contributed by atoms with E-state index in [1.54, 1.807) is 24.3 Å². The van der Waals surface area contributed by atoms with Crippen LogP contribution >= 0.6 is 11.6 Å². The minimum atomic E-state index is -4.65. The molecule has 0 fully saturated rings. The molecule has 0 saturated carbocycles. The number of carboxylic acids is 1. The Morgan fingerprint density at radius 2 is 1.82 bits per heavy atom. The molecule has 1 amide bonds. The lowest BCUT2D eigenvalue weighted by atomic mass is 10.1. The van der Waals surface area contributed by atoms with Crippen LogP contribution in [0.2, 0.25) is 5.02 Å². The lowest BCUT2D eigenvalue weighted by molar-refractivity contribution is -0.160. The van der Waals surface area contributed by atoms with Crippen LogP contribution in [0.25, 0.3) is 0 Å². The summed E-state index contributed by atoms with van der Waals surface area (Å²) in [6.45, 7) is 0. The third-order valence-corrected chi connectivity index (χ3v) is 3.10. The molecule has 0 saturated heterocycles. The van der Waals surface area contributed by atoms with Crippen molar-refractivity contribution in [2.24, 2.45) is 0 Å². The van der Waals surface area contributed by atoms with Gasteiger partial charge < -0.3 is 10.4 Å². The molecule has 0 radical (unpaired) electrons. The van der Waals surface area contributed by atoms with E-state index in [1.807, 2.05) is 5.32 Å². The maximum absolute atomic E-state index is 12.2. The van der Waals surface area contributed by atoms with Gasteiger partial charge in [0.2, 0.25) is 5.91 Å². The monoisotopic (exact) mass is 337 g/mol. The highest BCUT2D eigenvalue weighted by Crippen LogP contribution is 2.21. The Labute approximate surface area is 130 Å². The number of carbonyl (C=O) groups is 2. The van der Waals surface area contributed by atoms with Crippen LogP contribution in [0, 0.1) is 0 Å². The standard InChI is InChI=1S/C14H15ClF3NO3/c15-10-6-4-9(5-7-10)2-1-3-12(20)19-11(13(21)22)8-14(16,17)18/h4-7,11H,1-3,8H2,(H,19,20)(H,21,22). The average Bonchev–Trinajstić information content (AvgIpc) is 2.38. The van der Waals surface area contributed by atoms with Gasteiger partial charge in [-0.05, 0) is 30.5 Å². The SMILES string of the molecule is O=C(CCCc1ccc(Cl)cc1)NC(CC(F)(F)F)C(=O)O. The molecule has 0 aliphatic carbocycles. The molecule has 22 heavy (non-hydrogen) atoms. The normalized spacial score (nSPS) is 12.7. The molecule has 1 unspecified atom stereocenters. The molecule has 2 N–H and O–H groups in total. The predicted octanol–water partition coefficient (Wildman–Crippen LogP) is 3.18. The van der Waals surface area contributed by atoms with Gasteiger partial charge in [0.1, 0.15) is 6.04 Å². The van der Waals surface area contributed by atoms with Crippen LogP contribution in [0.15, 0.2) is 24.3 Å². The lowest BCUT2D eigenvalue weighted by Gasteiger charge is -2.16. The summed E-state index contributed by atoms with van der Waals surface area (Å²) in [6, 6.07) is 5.00. The number of amides is 1. The van der Waals surface area contributed by atoms with E-state index in [1.165, 1.54) is 0 Å². The number of alkyl halides is 3. The molecule has 122 valence electrons. The Balaban J connectivity index is 2.40. The smallest absolute Gasteiger partial charge is 0.391 e. The van der Waals surface area contributed by atoms with Crippen molar-refractivity contribution in [3.8, 4) is 0 Å². The average molecular weight is 338 g/mol. The van der Waals surface area contributed by atoms with Gasteiger partial charge in [-0.25, -0.2) is 4.79 Å². The van der Waals surface area contributed by atoms with Crippen molar-refractivity contribution >= 4 is 23.5 Å². The minimum Gasteiger partial charge on any atom is -0.480 e. The van der Waals surface area contributed by atoms with Gasteiger partial charge in [-0.3, -0.25) is 4.79 Å². The molecular weight excluding hydrogens is 323 g/mol. The number of aliphatic carboxylic acids is 1. The zero-order valence-electron chi connectivity index (χ0n) is 11.5. The number of benzene rings is 1. The molecule has 0 heterocycles. The maximum atomic E-state index is 12.2. The highest BCUT2D eigenvalue weighted by molar-refractivity contribution is 6.30. The molecule has 0 bridgehead atoms. The molecule has 0 spiro atoms. The topological polar surface area (TPSA) is 66.4 Å². The number of halogens is 4. The summed E-state index contributed by atoms with van der Waals surface area (Å²) >= 11 is 5.72. The van der Waals surface area contributed by atoms with Crippen LogP contribution in [0.1, 0.15) is 24.8 Å². The number of rotatable bonds is 7. The number of carboxylic acid groups (broad SMARTS) is 1. The predicted molar refractivity (Wildman–Crippen MR) is 74.6 cm³/mol. The summed E-state index contributed by atoms with van der Waals surface area (Å²) in [7, 11) is 0. The fourth-order valence-corrected chi connectivity index (χ4v) is 1.93. The maximum Gasteiger partial charge on any atom is 0.391 e. The molecular formula is C14H15ClF3NO3. The second-order valence-corrected chi connectivity index (χ2v) is 5.19. The van der Waals surface area contributed by atoms with Crippen molar-refractivity contribution in [1.29, 1.82) is 0 Å².